The molecule has 0 amide bonds. The number of fused-ring (bicyclic) bond motifs is 1. The van der Waals surface area contributed by atoms with E-state index < -0.39 is 6.04 Å². The van der Waals surface area contributed by atoms with Crippen LogP contribution in [0.2, 0.25) is 0 Å². The number of hydrogen-bond donors (Lipinski definition) is 1. The van der Waals surface area contributed by atoms with Gasteiger partial charge in [-0.3, -0.25) is 9.69 Å². The van der Waals surface area contributed by atoms with E-state index >= 15 is 0 Å². The summed E-state index contributed by atoms with van der Waals surface area (Å²) in [6, 6.07) is 13.7. The largest absolute Gasteiger partial charge is 0.497 e. The lowest BCUT2D eigenvalue weighted by Crippen LogP contribution is -2.49. The number of aromatic amines is 1. The van der Waals surface area contributed by atoms with Gasteiger partial charge < -0.3 is 19.4 Å². The molecule has 0 bridgehead atoms. The molecule has 0 saturated carbocycles. The van der Waals surface area contributed by atoms with Crippen LogP contribution >= 0.6 is 0 Å². The number of nitrogens with zero attached hydrogens (tertiary/aromatic N) is 6. The van der Waals surface area contributed by atoms with Crippen LogP contribution in [0.3, 0.4) is 0 Å². The van der Waals surface area contributed by atoms with Gasteiger partial charge >= 0.3 is 0 Å². The lowest BCUT2D eigenvalue weighted by Gasteiger charge is -2.39. The molecular weight excluding hydrogens is 465 g/mol. The number of methoxy groups -OCH3 is 2. The molecule has 1 fully saturated rings. The lowest BCUT2D eigenvalue weighted by atomic mass is 10.0. The third-order valence-corrected chi connectivity index (χ3v) is 6.56. The summed E-state index contributed by atoms with van der Waals surface area (Å²) in [4.78, 5) is 20.6. The molecule has 0 radical (unpaired) electrons. The number of H-pyrrole nitrogens is 1. The summed E-state index contributed by atoms with van der Waals surface area (Å²) in [7, 11) is 3.20. The highest BCUT2D eigenvalue weighted by Gasteiger charge is 2.33. The Labute approximate surface area is 207 Å². The Kier molecular flexibility index (Phi) is 6.92. The molecule has 2 aromatic heterocycles. The lowest BCUT2D eigenvalue weighted by molar-refractivity contribution is 0.171. The van der Waals surface area contributed by atoms with Gasteiger partial charge in [-0.15, -0.1) is 5.10 Å². The van der Waals surface area contributed by atoms with E-state index in [0.717, 1.165) is 5.39 Å². The van der Waals surface area contributed by atoms with E-state index in [0.29, 0.717) is 67.7 Å². The number of tetrazole rings is 1. The molecule has 5 rings (SSSR count). The van der Waals surface area contributed by atoms with Gasteiger partial charge in [-0.1, -0.05) is 12.1 Å². The van der Waals surface area contributed by atoms with Crippen molar-refractivity contribution in [2.45, 2.75) is 12.6 Å². The average Bonchev–Trinajstić information content (AvgIpc) is 3.36. The maximum atomic E-state index is 14.4. The molecule has 188 valence electrons. The van der Waals surface area contributed by atoms with Gasteiger partial charge in [-0.25, -0.2) is 9.07 Å². The minimum absolute atomic E-state index is 0.224. The molecule has 11 heteroatoms. The molecule has 0 spiro atoms. The summed E-state index contributed by atoms with van der Waals surface area (Å²) in [5.41, 5.74) is 1.58. The predicted octanol–water partition coefficient (Wildman–Crippen LogP) is 2.22. The first kappa shape index (κ1) is 23.9. The number of nitrogens with one attached hydrogen (secondary N) is 1. The number of halogens is 1. The topological polar surface area (TPSA) is 101 Å². The fourth-order valence-electron chi connectivity index (χ4n) is 4.70. The minimum Gasteiger partial charge on any atom is -0.497 e. The second kappa shape index (κ2) is 10.4. The molecule has 4 aromatic rings. The number of benzene rings is 2. The number of rotatable bonds is 8. The number of piperazine rings is 1. The third-order valence-electron chi connectivity index (χ3n) is 6.56. The Morgan fingerprint density at radius 1 is 1.08 bits per heavy atom. The van der Waals surface area contributed by atoms with Gasteiger partial charge in [0.1, 0.15) is 17.6 Å². The zero-order valence-electron chi connectivity index (χ0n) is 20.2. The SMILES string of the molecule is COCCn1nnnc1[C@H](c1cc2ccc(OC)cc2[nH]c1=O)N1CCN(c2ccccc2F)CC1. The van der Waals surface area contributed by atoms with Crippen LogP contribution in [0.5, 0.6) is 5.75 Å². The van der Waals surface area contributed by atoms with Crippen LogP contribution in [-0.2, 0) is 11.3 Å². The Bertz CT molecular complexity index is 1400. The van der Waals surface area contributed by atoms with Crippen LogP contribution in [0.25, 0.3) is 10.9 Å². The van der Waals surface area contributed by atoms with E-state index in [-0.39, 0.29) is 11.4 Å². The summed E-state index contributed by atoms with van der Waals surface area (Å²) < 4.78 is 26.6. The quantitative estimate of drug-likeness (QED) is 0.399. The summed E-state index contributed by atoms with van der Waals surface area (Å²) in [6.45, 7) is 3.26. The van der Waals surface area contributed by atoms with Gasteiger partial charge in [0, 0.05) is 44.9 Å². The Hall–Kier alpha value is -3.83. The van der Waals surface area contributed by atoms with Gasteiger partial charge in [-0.05, 0) is 46.1 Å². The summed E-state index contributed by atoms with van der Waals surface area (Å²) in [5.74, 6) is 0.979. The maximum Gasteiger partial charge on any atom is 0.253 e. The number of para-hydroxylation sites is 1. The van der Waals surface area contributed by atoms with Crippen LogP contribution in [0.1, 0.15) is 17.4 Å². The van der Waals surface area contributed by atoms with Crippen molar-refractivity contribution in [3.05, 3.63) is 76.1 Å². The number of aromatic nitrogens is 5. The summed E-state index contributed by atoms with van der Waals surface area (Å²) in [5, 5.41) is 13.2. The van der Waals surface area contributed by atoms with E-state index in [4.69, 9.17) is 9.47 Å². The predicted molar refractivity (Wildman–Crippen MR) is 133 cm³/mol. The molecule has 2 aromatic carbocycles. The number of pyridine rings is 1. The zero-order valence-corrected chi connectivity index (χ0v) is 20.2. The van der Waals surface area contributed by atoms with E-state index in [1.54, 1.807) is 37.1 Å². The van der Waals surface area contributed by atoms with Crippen LogP contribution in [0.4, 0.5) is 10.1 Å². The van der Waals surface area contributed by atoms with E-state index in [2.05, 4.69) is 25.4 Å². The molecular formula is C25H28FN7O3. The van der Waals surface area contributed by atoms with Gasteiger partial charge in [0.25, 0.3) is 5.56 Å². The average molecular weight is 494 g/mol. The van der Waals surface area contributed by atoms with Crippen LogP contribution < -0.4 is 15.2 Å². The van der Waals surface area contributed by atoms with Gasteiger partial charge in [0.05, 0.1) is 31.5 Å². The Balaban J connectivity index is 1.52. The summed E-state index contributed by atoms with van der Waals surface area (Å²) >= 11 is 0. The molecule has 0 aliphatic carbocycles. The number of ether oxygens (including phenoxy) is 2. The first-order chi connectivity index (χ1) is 17.6. The molecule has 36 heavy (non-hydrogen) atoms. The molecule has 10 nitrogen and oxygen atoms in total. The van der Waals surface area contributed by atoms with Crippen molar-refractivity contribution in [2.24, 2.45) is 0 Å². The van der Waals surface area contributed by atoms with Crippen molar-refractivity contribution >= 4 is 16.6 Å². The van der Waals surface area contributed by atoms with E-state index in [1.165, 1.54) is 6.07 Å². The van der Waals surface area contributed by atoms with Crippen molar-refractivity contribution in [1.29, 1.82) is 0 Å². The highest BCUT2D eigenvalue weighted by molar-refractivity contribution is 5.80. The van der Waals surface area contributed by atoms with Crippen molar-refractivity contribution in [1.82, 2.24) is 30.1 Å². The number of hydrogen-bond acceptors (Lipinski definition) is 8. The minimum atomic E-state index is -0.491. The van der Waals surface area contributed by atoms with Crippen molar-refractivity contribution in [2.75, 3.05) is 51.9 Å². The fourth-order valence-corrected chi connectivity index (χ4v) is 4.70. The van der Waals surface area contributed by atoms with Gasteiger partial charge in [-0.2, -0.15) is 0 Å². The monoisotopic (exact) mass is 493 g/mol. The van der Waals surface area contributed by atoms with Crippen molar-refractivity contribution in [3.8, 4) is 5.75 Å². The smallest absolute Gasteiger partial charge is 0.253 e. The third kappa shape index (κ3) is 4.67. The van der Waals surface area contributed by atoms with Crippen LogP contribution in [0, 0.1) is 5.82 Å². The van der Waals surface area contributed by atoms with E-state index in [1.807, 2.05) is 29.2 Å². The second-order valence-corrected chi connectivity index (χ2v) is 8.64. The number of anilines is 1. The molecule has 1 N–H and O–H groups in total. The van der Waals surface area contributed by atoms with Crippen LogP contribution in [0.15, 0.2) is 53.3 Å². The molecule has 0 unspecified atom stereocenters. The normalized spacial score (nSPS) is 15.4. The first-order valence-corrected chi connectivity index (χ1v) is 11.8. The molecule has 1 aliphatic rings. The van der Waals surface area contributed by atoms with Gasteiger partial charge in [0.2, 0.25) is 0 Å². The fraction of sp³-hybridized carbons (Fsp3) is 0.360. The van der Waals surface area contributed by atoms with Crippen molar-refractivity contribution < 1.29 is 13.9 Å². The summed E-state index contributed by atoms with van der Waals surface area (Å²) in [6.07, 6.45) is 0. The molecule has 3 heterocycles. The Morgan fingerprint density at radius 3 is 2.64 bits per heavy atom. The standard InChI is InChI=1S/C25H28FN7O3/c1-35-14-13-33-24(28-29-30-33)23(19-15-17-7-8-18(36-2)16-21(17)27-25(19)34)32-11-9-31(10-12-32)22-6-4-3-5-20(22)26/h3-8,15-16,23H,9-14H2,1-2H3,(H,27,34)/t23-/m0/s1. The highest BCUT2D eigenvalue weighted by Crippen LogP contribution is 2.30. The highest BCUT2D eigenvalue weighted by atomic mass is 19.1. The van der Waals surface area contributed by atoms with Crippen LogP contribution in [-0.4, -0.2) is 77.1 Å². The molecule has 1 saturated heterocycles. The molecule has 1 aliphatic heterocycles. The Morgan fingerprint density at radius 2 is 1.89 bits per heavy atom. The maximum absolute atomic E-state index is 14.4. The first-order valence-electron chi connectivity index (χ1n) is 11.8. The van der Waals surface area contributed by atoms with Gasteiger partial charge in [0.15, 0.2) is 5.82 Å². The zero-order chi connectivity index (χ0) is 25.1. The van der Waals surface area contributed by atoms with Crippen molar-refractivity contribution in [3.63, 3.8) is 0 Å². The van der Waals surface area contributed by atoms with E-state index in [9.17, 15) is 9.18 Å². The molecule has 1 atom stereocenters. The second-order valence-electron chi connectivity index (χ2n) is 8.64.